The third kappa shape index (κ3) is 3.10. The highest BCUT2D eigenvalue weighted by molar-refractivity contribution is 7.08. The van der Waals surface area contributed by atoms with E-state index in [9.17, 15) is 0 Å². The maximum atomic E-state index is 5.87. The Balaban J connectivity index is 1.53. The van der Waals surface area contributed by atoms with Crippen LogP contribution in [0.1, 0.15) is 5.56 Å². The minimum atomic E-state index is 0.519. The average molecular weight is 317 g/mol. The molecule has 0 radical (unpaired) electrons. The van der Waals surface area contributed by atoms with Crippen LogP contribution in [0.25, 0.3) is 22.0 Å². The van der Waals surface area contributed by atoms with Crippen LogP contribution in [-0.2, 0) is 6.61 Å². The second kappa shape index (κ2) is 6.23. The Bertz CT molecular complexity index is 931. The molecular weight excluding hydrogens is 302 g/mol. The van der Waals surface area contributed by atoms with Gasteiger partial charge in [0.1, 0.15) is 6.61 Å². The molecule has 0 amide bonds. The van der Waals surface area contributed by atoms with Crippen LogP contribution in [0.5, 0.6) is 5.88 Å². The molecule has 0 saturated heterocycles. The van der Waals surface area contributed by atoms with Crippen LogP contribution in [0.2, 0.25) is 0 Å². The van der Waals surface area contributed by atoms with Gasteiger partial charge in [-0.05, 0) is 39.9 Å². The van der Waals surface area contributed by atoms with Gasteiger partial charge in [0.05, 0.1) is 5.69 Å². The highest BCUT2D eigenvalue weighted by Crippen LogP contribution is 2.23. The molecule has 0 aliphatic carbocycles. The first-order valence-corrected chi connectivity index (χ1v) is 8.43. The number of thiophene rings is 1. The van der Waals surface area contributed by atoms with Gasteiger partial charge in [0, 0.05) is 17.0 Å². The Kier molecular flexibility index (Phi) is 3.78. The van der Waals surface area contributed by atoms with Crippen molar-refractivity contribution in [3.8, 4) is 17.1 Å². The molecule has 2 aromatic carbocycles. The van der Waals surface area contributed by atoms with E-state index in [1.54, 1.807) is 11.3 Å². The zero-order valence-electron chi connectivity index (χ0n) is 12.5. The maximum Gasteiger partial charge on any atom is 0.214 e. The number of nitrogens with zero attached hydrogens (tertiary/aromatic N) is 1. The van der Waals surface area contributed by atoms with Crippen LogP contribution < -0.4 is 4.74 Å². The SMILES string of the molecule is c1cc(OCc2ccc3ccccc3c2)nc(-c2ccsc2)c1. The molecule has 2 aromatic heterocycles. The topological polar surface area (TPSA) is 22.1 Å². The largest absolute Gasteiger partial charge is 0.473 e. The van der Waals surface area contributed by atoms with Crippen molar-refractivity contribution in [1.82, 2.24) is 4.98 Å². The molecule has 0 N–H and O–H groups in total. The second-order valence-corrected chi connectivity index (χ2v) is 6.12. The van der Waals surface area contributed by atoms with Crippen LogP contribution in [0.4, 0.5) is 0 Å². The third-order valence-corrected chi connectivity index (χ3v) is 4.42. The smallest absolute Gasteiger partial charge is 0.214 e. The van der Waals surface area contributed by atoms with Crippen LogP contribution in [-0.4, -0.2) is 4.98 Å². The van der Waals surface area contributed by atoms with Crippen molar-refractivity contribution in [3.63, 3.8) is 0 Å². The summed E-state index contributed by atoms with van der Waals surface area (Å²) in [5.41, 5.74) is 3.22. The molecule has 23 heavy (non-hydrogen) atoms. The lowest BCUT2D eigenvalue weighted by molar-refractivity contribution is 0.294. The van der Waals surface area contributed by atoms with Gasteiger partial charge in [-0.25, -0.2) is 4.98 Å². The Hall–Kier alpha value is -2.65. The molecule has 0 aliphatic heterocycles. The number of rotatable bonds is 4. The summed E-state index contributed by atoms with van der Waals surface area (Å²) >= 11 is 1.67. The van der Waals surface area contributed by atoms with Crippen molar-refractivity contribution >= 4 is 22.1 Å². The predicted molar refractivity (Wildman–Crippen MR) is 95.8 cm³/mol. The van der Waals surface area contributed by atoms with Crippen molar-refractivity contribution in [2.75, 3.05) is 0 Å². The number of ether oxygens (including phenoxy) is 1. The Morgan fingerprint density at radius 1 is 0.870 bits per heavy atom. The number of hydrogen-bond acceptors (Lipinski definition) is 3. The fraction of sp³-hybridized carbons (Fsp3) is 0.0500. The fourth-order valence-corrected chi connectivity index (χ4v) is 3.20. The van der Waals surface area contributed by atoms with Gasteiger partial charge in [0.25, 0.3) is 0 Å². The number of pyridine rings is 1. The number of benzene rings is 2. The normalized spacial score (nSPS) is 10.8. The molecule has 0 atom stereocenters. The molecule has 3 heteroatoms. The van der Waals surface area contributed by atoms with Gasteiger partial charge >= 0.3 is 0 Å². The summed E-state index contributed by atoms with van der Waals surface area (Å²) < 4.78 is 5.87. The van der Waals surface area contributed by atoms with E-state index in [0.717, 1.165) is 16.8 Å². The number of fused-ring (bicyclic) bond motifs is 1. The van der Waals surface area contributed by atoms with Crippen molar-refractivity contribution < 1.29 is 4.74 Å². The first-order chi connectivity index (χ1) is 11.4. The highest BCUT2D eigenvalue weighted by Gasteiger charge is 2.03. The summed E-state index contributed by atoms with van der Waals surface area (Å²) in [4.78, 5) is 4.58. The number of aromatic nitrogens is 1. The molecular formula is C20H15NOS. The lowest BCUT2D eigenvalue weighted by atomic mass is 10.1. The molecule has 0 unspecified atom stereocenters. The summed E-state index contributed by atoms with van der Waals surface area (Å²) in [6.45, 7) is 0.519. The molecule has 0 fully saturated rings. The van der Waals surface area contributed by atoms with Crippen LogP contribution in [0.15, 0.2) is 77.5 Å². The van der Waals surface area contributed by atoms with Gasteiger partial charge in [-0.15, -0.1) is 0 Å². The molecule has 2 heterocycles. The van der Waals surface area contributed by atoms with Crippen LogP contribution >= 0.6 is 11.3 Å². The number of hydrogen-bond donors (Lipinski definition) is 0. The van der Waals surface area contributed by atoms with E-state index in [-0.39, 0.29) is 0 Å². The molecule has 0 aliphatic rings. The minimum absolute atomic E-state index is 0.519. The third-order valence-electron chi connectivity index (χ3n) is 3.74. The lowest BCUT2D eigenvalue weighted by Gasteiger charge is -2.08. The summed E-state index contributed by atoms with van der Waals surface area (Å²) in [7, 11) is 0. The Morgan fingerprint density at radius 3 is 2.65 bits per heavy atom. The highest BCUT2D eigenvalue weighted by atomic mass is 32.1. The van der Waals surface area contributed by atoms with E-state index >= 15 is 0 Å². The van der Waals surface area contributed by atoms with E-state index < -0.39 is 0 Å². The quantitative estimate of drug-likeness (QED) is 0.493. The first-order valence-electron chi connectivity index (χ1n) is 7.49. The average Bonchev–Trinajstić information content (AvgIpc) is 3.15. The van der Waals surface area contributed by atoms with Crippen LogP contribution in [0, 0.1) is 0 Å². The molecule has 0 bridgehead atoms. The zero-order chi connectivity index (χ0) is 15.5. The predicted octanol–water partition coefficient (Wildman–Crippen LogP) is 5.54. The maximum absolute atomic E-state index is 5.87. The molecule has 4 rings (SSSR count). The molecule has 112 valence electrons. The monoisotopic (exact) mass is 317 g/mol. The van der Waals surface area contributed by atoms with E-state index in [2.05, 4.69) is 64.3 Å². The van der Waals surface area contributed by atoms with Crippen molar-refractivity contribution in [1.29, 1.82) is 0 Å². The van der Waals surface area contributed by atoms with E-state index in [1.807, 2.05) is 18.2 Å². The molecule has 4 aromatic rings. The van der Waals surface area contributed by atoms with E-state index in [0.29, 0.717) is 12.5 Å². The van der Waals surface area contributed by atoms with Crippen molar-refractivity contribution in [3.05, 3.63) is 83.1 Å². The standard InChI is InChI=1S/C20H15NOS/c1-2-5-17-12-15(8-9-16(17)4-1)13-22-20-7-3-6-19(21-20)18-10-11-23-14-18/h1-12,14H,13H2. The van der Waals surface area contributed by atoms with E-state index in [1.165, 1.54) is 10.8 Å². The fourth-order valence-electron chi connectivity index (χ4n) is 2.55. The van der Waals surface area contributed by atoms with Gasteiger partial charge < -0.3 is 4.74 Å². The summed E-state index contributed by atoms with van der Waals surface area (Å²) in [5.74, 6) is 0.654. The zero-order valence-corrected chi connectivity index (χ0v) is 13.3. The Morgan fingerprint density at radius 2 is 1.78 bits per heavy atom. The van der Waals surface area contributed by atoms with Crippen LogP contribution in [0.3, 0.4) is 0 Å². The lowest BCUT2D eigenvalue weighted by Crippen LogP contribution is -1.97. The Labute approximate surface area is 139 Å². The first kappa shape index (κ1) is 14.0. The summed E-state index contributed by atoms with van der Waals surface area (Å²) in [5, 5.41) is 6.62. The molecule has 0 spiro atoms. The van der Waals surface area contributed by atoms with E-state index in [4.69, 9.17) is 4.74 Å². The summed E-state index contributed by atoms with van der Waals surface area (Å²) in [6, 6.07) is 22.7. The molecule has 0 saturated carbocycles. The van der Waals surface area contributed by atoms with Gasteiger partial charge in [-0.2, -0.15) is 11.3 Å². The summed E-state index contributed by atoms with van der Waals surface area (Å²) in [6.07, 6.45) is 0. The minimum Gasteiger partial charge on any atom is -0.473 e. The second-order valence-electron chi connectivity index (χ2n) is 5.34. The van der Waals surface area contributed by atoms with Crippen molar-refractivity contribution in [2.45, 2.75) is 6.61 Å². The van der Waals surface area contributed by atoms with Gasteiger partial charge in [-0.3, -0.25) is 0 Å². The molecule has 2 nitrogen and oxygen atoms in total. The van der Waals surface area contributed by atoms with Gasteiger partial charge in [-0.1, -0.05) is 42.5 Å². The van der Waals surface area contributed by atoms with Gasteiger partial charge in [0.2, 0.25) is 5.88 Å². The van der Waals surface area contributed by atoms with Crippen molar-refractivity contribution in [2.24, 2.45) is 0 Å². The van der Waals surface area contributed by atoms with Gasteiger partial charge in [0.15, 0.2) is 0 Å².